The third-order valence-corrected chi connectivity index (χ3v) is 3.26. The maximum absolute atomic E-state index is 5.52. The Balaban J connectivity index is 2.07. The van der Waals surface area contributed by atoms with Crippen LogP contribution in [0.4, 0.5) is 0 Å². The molecule has 2 N–H and O–H groups in total. The van der Waals surface area contributed by atoms with Gasteiger partial charge in [-0.1, -0.05) is 19.8 Å². The first-order valence-corrected chi connectivity index (χ1v) is 5.80. The third kappa shape index (κ3) is 2.53. The molecule has 0 saturated heterocycles. The molecule has 1 aromatic heterocycles. The van der Waals surface area contributed by atoms with Crippen molar-refractivity contribution in [2.75, 3.05) is 0 Å². The van der Waals surface area contributed by atoms with Crippen LogP contribution in [0.15, 0.2) is 12.4 Å². The zero-order chi connectivity index (χ0) is 10.7. The van der Waals surface area contributed by atoms with E-state index in [4.69, 9.17) is 5.73 Å². The molecule has 82 valence electrons. The molecular formula is C12H19N3. The number of nitrogens with two attached hydrogens (primary N) is 1. The second-order valence-corrected chi connectivity index (χ2v) is 4.62. The molecule has 2 unspecified atom stereocenters. The quantitative estimate of drug-likeness (QED) is 0.805. The molecule has 0 spiro atoms. The fourth-order valence-corrected chi connectivity index (χ4v) is 2.35. The SMILES string of the molecule is CC1CCCC(c2ncc(CN)cn2)C1. The van der Waals surface area contributed by atoms with Crippen molar-refractivity contribution in [2.24, 2.45) is 11.7 Å². The molecular weight excluding hydrogens is 186 g/mol. The number of hydrogen-bond donors (Lipinski definition) is 1. The molecule has 1 aliphatic rings. The van der Waals surface area contributed by atoms with Gasteiger partial charge in [-0.25, -0.2) is 9.97 Å². The molecule has 3 nitrogen and oxygen atoms in total. The van der Waals surface area contributed by atoms with Gasteiger partial charge in [-0.05, 0) is 18.8 Å². The molecule has 15 heavy (non-hydrogen) atoms. The summed E-state index contributed by atoms with van der Waals surface area (Å²) in [6.07, 6.45) is 8.88. The van der Waals surface area contributed by atoms with E-state index in [1.165, 1.54) is 25.7 Å². The topological polar surface area (TPSA) is 51.8 Å². The molecule has 1 aromatic rings. The van der Waals surface area contributed by atoms with Crippen molar-refractivity contribution in [2.45, 2.75) is 45.1 Å². The molecule has 2 rings (SSSR count). The first kappa shape index (κ1) is 10.6. The lowest BCUT2D eigenvalue weighted by molar-refractivity contribution is 0.335. The summed E-state index contributed by atoms with van der Waals surface area (Å²) in [6, 6.07) is 0. The number of hydrogen-bond acceptors (Lipinski definition) is 3. The van der Waals surface area contributed by atoms with E-state index < -0.39 is 0 Å². The van der Waals surface area contributed by atoms with Crippen LogP contribution in [0, 0.1) is 5.92 Å². The van der Waals surface area contributed by atoms with E-state index >= 15 is 0 Å². The van der Waals surface area contributed by atoms with Crippen LogP contribution < -0.4 is 5.73 Å². The van der Waals surface area contributed by atoms with Gasteiger partial charge in [0, 0.05) is 30.4 Å². The first-order chi connectivity index (χ1) is 7.29. The molecule has 1 saturated carbocycles. The van der Waals surface area contributed by atoms with Crippen LogP contribution in [0.5, 0.6) is 0 Å². The van der Waals surface area contributed by atoms with Crippen molar-refractivity contribution in [1.29, 1.82) is 0 Å². The van der Waals surface area contributed by atoms with Crippen molar-refractivity contribution in [1.82, 2.24) is 9.97 Å². The average Bonchev–Trinajstić information content (AvgIpc) is 2.29. The van der Waals surface area contributed by atoms with Crippen LogP contribution in [0.3, 0.4) is 0 Å². The molecule has 3 heteroatoms. The zero-order valence-electron chi connectivity index (χ0n) is 9.32. The van der Waals surface area contributed by atoms with Crippen LogP contribution >= 0.6 is 0 Å². The minimum atomic E-state index is 0.529. The highest BCUT2D eigenvalue weighted by molar-refractivity contribution is 5.07. The molecule has 0 bridgehead atoms. The standard InChI is InChI=1S/C12H19N3/c1-9-3-2-4-11(5-9)12-14-7-10(6-13)8-15-12/h7-9,11H,2-6,13H2,1H3. The summed E-state index contributed by atoms with van der Waals surface area (Å²) in [6.45, 7) is 2.85. The van der Waals surface area contributed by atoms with Gasteiger partial charge in [0.25, 0.3) is 0 Å². The van der Waals surface area contributed by atoms with Gasteiger partial charge in [-0.3, -0.25) is 0 Å². The highest BCUT2D eigenvalue weighted by Crippen LogP contribution is 2.33. The zero-order valence-corrected chi connectivity index (χ0v) is 9.32. The van der Waals surface area contributed by atoms with Gasteiger partial charge in [-0.2, -0.15) is 0 Å². The first-order valence-electron chi connectivity index (χ1n) is 5.80. The van der Waals surface area contributed by atoms with E-state index in [0.717, 1.165) is 17.3 Å². The highest BCUT2D eigenvalue weighted by Gasteiger charge is 2.22. The predicted molar refractivity (Wildman–Crippen MR) is 60.3 cm³/mol. The van der Waals surface area contributed by atoms with Crippen molar-refractivity contribution >= 4 is 0 Å². The number of aromatic nitrogens is 2. The molecule has 0 aliphatic heterocycles. The van der Waals surface area contributed by atoms with Gasteiger partial charge in [0.15, 0.2) is 0 Å². The Labute approximate surface area is 91.1 Å². The van der Waals surface area contributed by atoms with Gasteiger partial charge in [0.05, 0.1) is 0 Å². The summed E-state index contributed by atoms with van der Waals surface area (Å²) in [5, 5.41) is 0. The minimum absolute atomic E-state index is 0.529. The van der Waals surface area contributed by atoms with Gasteiger partial charge < -0.3 is 5.73 Å². The Morgan fingerprint density at radius 1 is 1.33 bits per heavy atom. The lowest BCUT2D eigenvalue weighted by Gasteiger charge is -2.25. The van der Waals surface area contributed by atoms with Crippen LogP contribution in [-0.2, 0) is 6.54 Å². The Hall–Kier alpha value is -0.960. The molecule has 1 aliphatic carbocycles. The lowest BCUT2D eigenvalue weighted by atomic mass is 9.82. The molecule has 1 fully saturated rings. The fraction of sp³-hybridized carbons (Fsp3) is 0.667. The largest absolute Gasteiger partial charge is 0.326 e. The van der Waals surface area contributed by atoms with Crippen LogP contribution in [-0.4, -0.2) is 9.97 Å². The van der Waals surface area contributed by atoms with Gasteiger partial charge in [-0.15, -0.1) is 0 Å². The van der Waals surface area contributed by atoms with Crippen molar-refractivity contribution in [3.05, 3.63) is 23.8 Å². The maximum Gasteiger partial charge on any atom is 0.131 e. The van der Waals surface area contributed by atoms with Crippen molar-refractivity contribution in [3.63, 3.8) is 0 Å². The van der Waals surface area contributed by atoms with Crippen LogP contribution in [0.25, 0.3) is 0 Å². The summed E-state index contributed by atoms with van der Waals surface area (Å²) < 4.78 is 0. The minimum Gasteiger partial charge on any atom is -0.326 e. The molecule has 0 radical (unpaired) electrons. The molecule has 0 aromatic carbocycles. The Morgan fingerprint density at radius 2 is 2.07 bits per heavy atom. The molecule has 1 heterocycles. The third-order valence-electron chi connectivity index (χ3n) is 3.26. The number of nitrogens with zero attached hydrogens (tertiary/aromatic N) is 2. The van der Waals surface area contributed by atoms with Gasteiger partial charge >= 0.3 is 0 Å². The Kier molecular flexibility index (Phi) is 3.31. The number of rotatable bonds is 2. The summed E-state index contributed by atoms with van der Waals surface area (Å²) in [5.74, 6) is 2.40. The summed E-state index contributed by atoms with van der Waals surface area (Å²) in [4.78, 5) is 8.83. The van der Waals surface area contributed by atoms with E-state index in [0.29, 0.717) is 12.5 Å². The summed E-state index contributed by atoms with van der Waals surface area (Å²) >= 11 is 0. The average molecular weight is 205 g/mol. The lowest BCUT2D eigenvalue weighted by Crippen LogP contribution is -2.14. The second-order valence-electron chi connectivity index (χ2n) is 4.62. The van der Waals surface area contributed by atoms with E-state index in [1.807, 2.05) is 12.4 Å². The molecule has 0 amide bonds. The van der Waals surface area contributed by atoms with Crippen LogP contribution in [0.1, 0.15) is 49.9 Å². The molecule has 2 atom stereocenters. The van der Waals surface area contributed by atoms with Gasteiger partial charge in [0.2, 0.25) is 0 Å². The van der Waals surface area contributed by atoms with E-state index in [9.17, 15) is 0 Å². The Bertz CT molecular complexity index is 307. The van der Waals surface area contributed by atoms with E-state index in [-0.39, 0.29) is 0 Å². The van der Waals surface area contributed by atoms with E-state index in [2.05, 4.69) is 16.9 Å². The van der Waals surface area contributed by atoms with Crippen molar-refractivity contribution < 1.29 is 0 Å². The van der Waals surface area contributed by atoms with Gasteiger partial charge in [0.1, 0.15) is 5.82 Å². The van der Waals surface area contributed by atoms with E-state index in [1.54, 1.807) is 0 Å². The summed E-state index contributed by atoms with van der Waals surface area (Å²) in [7, 11) is 0. The maximum atomic E-state index is 5.52. The highest BCUT2D eigenvalue weighted by atomic mass is 14.9. The van der Waals surface area contributed by atoms with Crippen molar-refractivity contribution in [3.8, 4) is 0 Å². The predicted octanol–water partition coefficient (Wildman–Crippen LogP) is 2.23. The second kappa shape index (κ2) is 4.71. The van der Waals surface area contributed by atoms with Crippen LogP contribution in [0.2, 0.25) is 0 Å². The Morgan fingerprint density at radius 3 is 2.67 bits per heavy atom. The fourth-order valence-electron chi connectivity index (χ4n) is 2.35. The monoisotopic (exact) mass is 205 g/mol. The normalized spacial score (nSPS) is 26.5. The smallest absolute Gasteiger partial charge is 0.131 e. The summed E-state index contributed by atoms with van der Waals surface area (Å²) in [5.41, 5.74) is 6.54.